The number of sulfone groups is 1. The smallest absolute Gasteiger partial charge is 0.254 e. The summed E-state index contributed by atoms with van der Waals surface area (Å²) in [7, 11) is -3.25. The maximum absolute atomic E-state index is 12.9. The molecule has 154 valence electrons. The molecular weight excluding hydrogens is 440 g/mol. The molecule has 0 bridgehead atoms. The number of hydrogen-bond donors (Lipinski definition) is 0. The molecule has 0 atom stereocenters. The second-order valence-electron chi connectivity index (χ2n) is 7.21. The van der Waals surface area contributed by atoms with E-state index >= 15 is 0 Å². The summed E-state index contributed by atoms with van der Waals surface area (Å²) < 4.78 is 25.5. The van der Waals surface area contributed by atoms with Crippen molar-refractivity contribution >= 4 is 64.0 Å². The minimum Gasteiger partial charge on any atom is -0.345 e. The summed E-state index contributed by atoms with van der Waals surface area (Å²) in [6, 6.07) is 10.7. The van der Waals surface area contributed by atoms with Gasteiger partial charge in [-0.15, -0.1) is 11.3 Å². The molecule has 0 N–H and O–H groups in total. The summed E-state index contributed by atoms with van der Waals surface area (Å²) in [5, 5.41) is 0.855. The maximum atomic E-state index is 12.9. The molecule has 0 spiro atoms. The minimum atomic E-state index is -3.25. The molecule has 1 saturated heterocycles. The Bertz CT molecular complexity index is 1370. The summed E-state index contributed by atoms with van der Waals surface area (Å²) in [5.74, 6) is 0.0343. The van der Waals surface area contributed by atoms with E-state index in [0.29, 0.717) is 36.6 Å². The summed E-state index contributed by atoms with van der Waals surface area (Å²) in [4.78, 5) is 26.1. The van der Waals surface area contributed by atoms with Crippen molar-refractivity contribution < 1.29 is 13.2 Å². The molecule has 1 amide bonds. The molecule has 0 radical (unpaired) electrons. The third-order valence-corrected chi connectivity index (χ3v) is 8.17. The Morgan fingerprint density at radius 1 is 1.00 bits per heavy atom. The summed E-state index contributed by atoms with van der Waals surface area (Å²) in [6.07, 6.45) is 1.21. The van der Waals surface area contributed by atoms with Crippen LogP contribution in [-0.2, 0) is 9.84 Å². The van der Waals surface area contributed by atoms with Crippen molar-refractivity contribution in [2.45, 2.75) is 4.90 Å². The number of fused-ring (bicyclic) bond motifs is 2. The van der Waals surface area contributed by atoms with Gasteiger partial charge in [-0.3, -0.25) is 4.79 Å². The number of anilines is 1. The topological polar surface area (TPSA) is 83.5 Å². The Morgan fingerprint density at radius 2 is 1.77 bits per heavy atom. The van der Waals surface area contributed by atoms with Gasteiger partial charge in [0.1, 0.15) is 0 Å². The van der Waals surface area contributed by atoms with Gasteiger partial charge in [0.05, 0.1) is 30.8 Å². The molecular formula is C20H18N4O3S3. The predicted octanol–water partition coefficient (Wildman–Crippen LogP) is 3.27. The Morgan fingerprint density at radius 3 is 2.53 bits per heavy atom. The fourth-order valence-corrected chi connectivity index (χ4v) is 6.02. The lowest BCUT2D eigenvalue weighted by molar-refractivity contribution is 0.0747. The number of hydrogen-bond acceptors (Lipinski definition) is 8. The quantitative estimate of drug-likeness (QED) is 0.469. The fraction of sp³-hybridized carbons (Fsp3) is 0.250. The van der Waals surface area contributed by atoms with Gasteiger partial charge < -0.3 is 9.80 Å². The average molecular weight is 459 g/mol. The fourth-order valence-electron chi connectivity index (χ4n) is 3.53. The maximum Gasteiger partial charge on any atom is 0.254 e. The first-order valence-corrected chi connectivity index (χ1v) is 13.0. The first-order valence-electron chi connectivity index (χ1n) is 9.37. The number of amides is 1. The van der Waals surface area contributed by atoms with Crippen LogP contribution in [0.5, 0.6) is 0 Å². The van der Waals surface area contributed by atoms with E-state index in [9.17, 15) is 13.2 Å². The van der Waals surface area contributed by atoms with Crippen LogP contribution in [0.15, 0.2) is 46.8 Å². The molecule has 10 heteroatoms. The van der Waals surface area contributed by atoms with E-state index in [0.717, 1.165) is 25.6 Å². The lowest BCUT2D eigenvalue weighted by atomic mass is 10.1. The summed E-state index contributed by atoms with van der Waals surface area (Å²) >= 11 is 3.02. The van der Waals surface area contributed by atoms with Crippen molar-refractivity contribution in [1.82, 2.24) is 14.9 Å². The van der Waals surface area contributed by atoms with Crippen LogP contribution >= 0.6 is 22.7 Å². The van der Waals surface area contributed by atoms with Gasteiger partial charge in [0.15, 0.2) is 15.0 Å². The van der Waals surface area contributed by atoms with Crippen LogP contribution in [0.1, 0.15) is 10.4 Å². The SMILES string of the molecule is CS(=O)(=O)c1ccc2nc(N3CCN(C(=O)c4ccc5ncsc5c4)CC3)sc2c1. The van der Waals surface area contributed by atoms with Gasteiger partial charge in [-0.2, -0.15) is 0 Å². The van der Waals surface area contributed by atoms with Crippen molar-refractivity contribution in [1.29, 1.82) is 0 Å². The van der Waals surface area contributed by atoms with Gasteiger partial charge in [0.2, 0.25) is 0 Å². The van der Waals surface area contributed by atoms with Gasteiger partial charge >= 0.3 is 0 Å². The van der Waals surface area contributed by atoms with Crippen LogP contribution in [0.4, 0.5) is 5.13 Å². The second kappa shape index (κ2) is 7.29. The number of benzene rings is 2. The number of rotatable bonds is 3. The van der Waals surface area contributed by atoms with Crippen LogP contribution < -0.4 is 4.90 Å². The van der Waals surface area contributed by atoms with Gasteiger partial charge in [-0.25, -0.2) is 18.4 Å². The monoisotopic (exact) mass is 458 g/mol. The molecule has 1 aliphatic heterocycles. The number of nitrogens with zero attached hydrogens (tertiary/aromatic N) is 4. The highest BCUT2D eigenvalue weighted by Crippen LogP contribution is 2.31. The van der Waals surface area contributed by atoms with E-state index in [4.69, 9.17) is 0 Å². The van der Waals surface area contributed by atoms with Crippen molar-refractivity contribution in [3.63, 3.8) is 0 Å². The highest BCUT2D eigenvalue weighted by Gasteiger charge is 2.24. The predicted molar refractivity (Wildman–Crippen MR) is 120 cm³/mol. The van der Waals surface area contributed by atoms with Crippen molar-refractivity contribution in [3.05, 3.63) is 47.5 Å². The second-order valence-corrected chi connectivity index (χ2v) is 11.1. The van der Waals surface area contributed by atoms with Crippen molar-refractivity contribution in [3.8, 4) is 0 Å². The largest absolute Gasteiger partial charge is 0.345 e. The Balaban J connectivity index is 1.31. The van der Waals surface area contributed by atoms with Crippen molar-refractivity contribution in [2.75, 3.05) is 37.3 Å². The molecule has 30 heavy (non-hydrogen) atoms. The van der Waals surface area contributed by atoms with Crippen LogP contribution in [0, 0.1) is 0 Å². The first-order chi connectivity index (χ1) is 14.4. The lowest BCUT2D eigenvalue weighted by Crippen LogP contribution is -2.48. The molecule has 3 heterocycles. The van der Waals surface area contributed by atoms with Gasteiger partial charge in [-0.05, 0) is 36.4 Å². The molecule has 0 saturated carbocycles. The minimum absolute atomic E-state index is 0.0343. The standard InChI is InChI=1S/C20H18N4O3S3/c1-30(26,27)14-3-5-16-18(11-14)29-20(22-16)24-8-6-23(7-9-24)19(25)13-2-4-15-17(10-13)28-12-21-15/h2-5,10-12H,6-9H2,1H3. The van der Waals surface area contributed by atoms with Crippen LogP contribution in [0.3, 0.4) is 0 Å². The Kier molecular flexibility index (Phi) is 4.72. The van der Waals surface area contributed by atoms with E-state index < -0.39 is 9.84 Å². The third kappa shape index (κ3) is 3.55. The van der Waals surface area contributed by atoms with Crippen LogP contribution in [-0.4, -0.2) is 61.6 Å². The summed E-state index contributed by atoms with van der Waals surface area (Å²) in [5.41, 5.74) is 4.18. The van der Waals surface area contributed by atoms with E-state index in [2.05, 4.69) is 14.9 Å². The van der Waals surface area contributed by atoms with Crippen LogP contribution in [0.2, 0.25) is 0 Å². The molecule has 1 fully saturated rings. The molecule has 7 nitrogen and oxygen atoms in total. The van der Waals surface area contributed by atoms with E-state index in [-0.39, 0.29) is 5.91 Å². The number of carbonyl (C=O) groups excluding carboxylic acids is 1. The molecule has 2 aromatic carbocycles. The number of thiazole rings is 2. The van der Waals surface area contributed by atoms with E-state index in [1.165, 1.54) is 28.9 Å². The number of aromatic nitrogens is 2. The first kappa shape index (κ1) is 19.4. The third-order valence-electron chi connectivity index (χ3n) is 5.19. The lowest BCUT2D eigenvalue weighted by Gasteiger charge is -2.34. The zero-order valence-electron chi connectivity index (χ0n) is 16.1. The Labute approximate surface area is 181 Å². The molecule has 5 rings (SSSR count). The average Bonchev–Trinajstić information content (AvgIpc) is 3.38. The van der Waals surface area contributed by atoms with Gasteiger partial charge in [-0.1, -0.05) is 11.3 Å². The number of carbonyl (C=O) groups is 1. The van der Waals surface area contributed by atoms with Gasteiger partial charge in [0, 0.05) is 38.0 Å². The molecule has 1 aliphatic rings. The molecule has 2 aromatic heterocycles. The summed E-state index contributed by atoms with van der Waals surface area (Å²) in [6.45, 7) is 2.61. The molecule has 0 aliphatic carbocycles. The zero-order valence-corrected chi connectivity index (χ0v) is 18.6. The zero-order chi connectivity index (χ0) is 20.9. The normalized spacial score (nSPS) is 15.2. The number of piperazine rings is 1. The van der Waals surface area contributed by atoms with Crippen LogP contribution in [0.25, 0.3) is 20.4 Å². The van der Waals surface area contributed by atoms with E-state index in [1.807, 2.05) is 23.1 Å². The highest BCUT2D eigenvalue weighted by atomic mass is 32.2. The molecule has 4 aromatic rings. The van der Waals surface area contributed by atoms with E-state index in [1.54, 1.807) is 23.7 Å². The van der Waals surface area contributed by atoms with Crippen molar-refractivity contribution in [2.24, 2.45) is 0 Å². The molecule has 0 unspecified atom stereocenters. The van der Waals surface area contributed by atoms with Gasteiger partial charge in [0.25, 0.3) is 5.91 Å². The highest BCUT2D eigenvalue weighted by molar-refractivity contribution is 7.90. The Hall–Kier alpha value is -2.56.